The molecule has 0 radical (unpaired) electrons. The average molecular weight is 438 g/mol. The Balaban J connectivity index is 1.52. The van der Waals surface area contributed by atoms with Gasteiger partial charge in [0.15, 0.2) is 0 Å². The summed E-state index contributed by atoms with van der Waals surface area (Å²) in [7, 11) is 0. The van der Waals surface area contributed by atoms with Crippen molar-refractivity contribution < 1.29 is 9.90 Å². The van der Waals surface area contributed by atoms with E-state index >= 15 is 0 Å². The molecule has 2 aromatic rings. The molecule has 32 heavy (non-hydrogen) atoms. The molecule has 172 valence electrons. The molecule has 0 amide bonds. The van der Waals surface area contributed by atoms with Crippen molar-refractivity contribution in [2.45, 2.75) is 108 Å². The van der Waals surface area contributed by atoms with Crippen molar-refractivity contribution in [3.63, 3.8) is 0 Å². The number of nitrogens with zero attached hydrogens (tertiary/aromatic N) is 3. The number of hydrogen-bond donors (Lipinski definition) is 1. The summed E-state index contributed by atoms with van der Waals surface area (Å²) < 4.78 is 1.77. The van der Waals surface area contributed by atoms with Crippen molar-refractivity contribution in [1.29, 1.82) is 0 Å². The molecule has 1 aromatic heterocycles. The Kier molecular flexibility index (Phi) is 5.82. The van der Waals surface area contributed by atoms with Gasteiger partial charge in [0.25, 0.3) is 5.56 Å². The summed E-state index contributed by atoms with van der Waals surface area (Å²) in [6, 6.07) is 8.43. The van der Waals surface area contributed by atoms with Gasteiger partial charge in [-0.1, -0.05) is 50.7 Å². The molecule has 3 fully saturated rings. The van der Waals surface area contributed by atoms with E-state index in [0.29, 0.717) is 17.6 Å². The summed E-state index contributed by atoms with van der Waals surface area (Å²) in [5, 5.41) is 9.62. The van der Waals surface area contributed by atoms with Crippen LogP contribution in [-0.4, -0.2) is 43.1 Å². The zero-order valence-corrected chi connectivity index (χ0v) is 19.1. The molecular formula is C26H35N3O3. The molecule has 1 aliphatic carbocycles. The monoisotopic (exact) mass is 437 g/mol. The van der Waals surface area contributed by atoms with Crippen molar-refractivity contribution in [2.24, 2.45) is 0 Å². The van der Waals surface area contributed by atoms with Crippen LogP contribution in [0.25, 0.3) is 11.0 Å². The molecule has 1 N–H and O–H groups in total. The van der Waals surface area contributed by atoms with Gasteiger partial charge in [-0.15, -0.1) is 0 Å². The largest absolute Gasteiger partial charge is 0.476 e. The van der Waals surface area contributed by atoms with Gasteiger partial charge in [0, 0.05) is 23.7 Å². The fourth-order valence-corrected chi connectivity index (χ4v) is 7.03. The standard InChI is InChI=1S/C26H35N3O3/c1-26(14-7-3-2-4-8-15-26)29-18-10-9-11-19(29)17-20(16-18)28-22-13-6-5-12-21(22)27-23(24(28)30)25(31)32/h5-6,12-13,18-20H,2-4,7-11,14-17H2,1H3,(H,31,32)/t18-,19?,20?/m1/s1. The molecule has 1 saturated carbocycles. The molecule has 6 heteroatoms. The van der Waals surface area contributed by atoms with Crippen LogP contribution in [0.5, 0.6) is 0 Å². The SMILES string of the molecule is CC1(N2C3CCC[C@@H]2CC(n2c(=O)c(C(=O)O)nc4ccccc42)C3)CCCCCCC1. The third kappa shape index (κ3) is 3.76. The highest BCUT2D eigenvalue weighted by atomic mass is 16.4. The molecule has 2 aliphatic heterocycles. The lowest BCUT2D eigenvalue weighted by Gasteiger charge is -2.57. The Hall–Kier alpha value is -2.21. The van der Waals surface area contributed by atoms with Crippen LogP contribution >= 0.6 is 0 Å². The average Bonchev–Trinajstić information content (AvgIpc) is 2.75. The summed E-state index contributed by atoms with van der Waals surface area (Å²) in [4.78, 5) is 32.1. The molecule has 3 heterocycles. The number of hydrogen-bond acceptors (Lipinski definition) is 4. The minimum Gasteiger partial charge on any atom is -0.476 e. The summed E-state index contributed by atoms with van der Waals surface area (Å²) in [5.41, 5.74) is 0.784. The number of carboxylic acids is 1. The van der Waals surface area contributed by atoms with Crippen LogP contribution in [0, 0.1) is 0 Å². The predicted molar refractivity (Wildman–Crippen MR) is 125 cm³/mol. The Morgan fingerprint density at radius 3 is 2.25 bits per heavy atom. The van der Waals surface area contributed by atoms with Crippen molar-refractivity contribution in [2.75, 3.05) is 0 Å². The molecule has 2 bridgehead atoms. The quantitative estimate of drug-likeness (QED) is 0.718. The van der Waals surface area contributed by atoms with Gasteiger partial charge in [-0.25, -0.2) is 9.78 Å². The van der Waals surface area contributed by atoms with Gasteiger partial charge in [-0.2, -0.15) is 0 Å². The number of para-hydroxylation sites is 2. The maximum absolute atomic E-state index is 13.3. The molecule has 0 spiro atoms. The van der Waals surface area contributed by atoms with Crippen LogP contribution in [0.15, 0.2) is 29.1 Å². The number of benzene rings is 1. The van der Waals surface area contributed by atoms with Gasteiger partial charge in [-0.3, -0.25) is 9.69 Å². The summed E-state index contributed by atoms with van der Waals surface area (Å²) >= 11 is 0. The van der Waals surface area contributed by atoms with Crippen LogP contribution in [0.3, 0.4) is 0 Å². The number of aromatic nitrogens is 2. The summed E-state index contributed by atoms with van der Waals surface area (Å²) in [6.45, 7) is 2.49. The minimum atomic E-state index is -1.24. The molecule has 2 unspecified atom stereocenters. The Morgan fingerprint density at radius 2 is 1.59 bits per heavy atom. The second-order valence-electron chi connectivity index (χ2n) is 10.5. The normalized spacial score (nSPS) is 28.7. The van der Waals surface area contributed by atoms with E-state index in [1.54, 1.807) is 4.57 Å². The molecule has 3 atom stereocenters. The number of aromatic carboxylic acids is 1. The van der Waals surface area contributed by atoms with E-state index in [0.717, 1.165) is 18.4 Å². The summed E-state index contributed by atoms with van der Waals surface area (Å²) in [5.74, 6) is -1.24. The second-order valence-corrected chi connectivity index (χ2v) is 10.5. The smallest absolute Gasteiger partial charge is 0.360 e. The van der Waals surface area contributed by atoms with Crippen LogP contribution < -0.4 is 5.56 Å². The fourth-order valence-electron chi connectivity index (χ4n) is 7.03. The van der Waals surface area contributed by atoms with E-state index in [9.17, 15) is 14.7 Å². The Labute approximate surface area is 189 Å². The third-order valence-electron chi connectivity index (χ3n) is 8.37. The molecule has 6 nitrogen and oxygen atoms in total. The number of rotatable bonds is 3. The van der Waals surface area contributed by atoms with Gasteiger partial charge < -0.3 is 9.67 Å². The van der Waals surface area contributed by atoms with Crippen molar-refractivity contribution >= 4 is 17.0 Å². The van der Waals surface area contributed by atoms with Crippen LogP contribution in [0.1, 0.15) is 101 Å². The third-order valence-corrected chi connectivity index (χ3v) is 8.37. The highest BCUT2D eigenvalue weighted by molar-refractivity contribution is 5.88. The maximum atomic E-state index is 13.3. The lowest BCUT2D eigenvalue weighted by atomic mass is 9.74. The number of fused-ring (bicyclic) bond motifs is 3. The zero-order chi connectivity index (χ0) is 22.3. The molecule has 5 rings (SSSR count). The number of piperidine rings is 2. The van der Waals surface area contributed by atoms with E-state index in [1.165, 1.54) is 64.2 Å². The van der Waals surface area contributed by atoms with E-state index < -0.39 is 11.5 Å². The summed E-state index contributed by atoms with van der Waals surface area (Å²) in [6.07, 6.45) is 14.7. The van der Waals surface area contributed by atoms with E-state index in [4.69, 9.17) is 0 Å². The van der Waals surface area contributed by atoms with Crippen molar-refractivity contribution in [1.82, 2.24) is 14.5 Å². The Morgan fingerprint density at radius 1 is 0.969 bits per heavy atom. The topological polar surface area (TPSA) is 75.4 Å². The van der Waals surface area contributed by atoms with E-state index in [1.807, 2.05) is 24.3 Å². The van der Waals surface area contributed by atoms with Gasteiger partial charge in [0.1, 0.15) is 0 Å². The first-order valence-electron chi connectivity index (χ1n) is 12.5. The van der Waals surface area contributed by atoms with Gasteiger partial charge in [-0.05, 0) is 57.6 Å². The van der Waals surface area contributed by atoms with Crippen LogP contribution in [0.4, 0.5) is 0 Å². The van der Waals surface area contributed by atoms with Crippen LogP contribution in [-0.2, 0) is 0 Å². The Bertz CT molecular complexity index is 1040. The number of carboxylic acid groups (broad SMARTS) is 1. The highest BCUT2D eigenvalue weighted by Gasteiger charge is 2.47. The zero-order valence-electron chi connectivity index (χ0n) is 19.1. The lowest BCUT2D eigenvalue weighted by molar-refractivity contribution is -0.0708. The van der Waals surface area contributed by atoms with Crippen molar-refractivity contribution in [3.05, 3.63) is 40.3 Å². The van der Waals surface area contributed by atoms with E-state index in [2.05, 4.69) is 16.8 Å². The molecular weight excluding hydrogens is 402 g/mol. The van der Waals surface area contributed by atoms with E-state index in [-0.39, 0.29) is 17.3 Å². The van der Waals surface area contributed by atoms with Gasteiger partial charge >= 0.3 is 5.97 Å². The first-order valence-corrected chi connectivity index (χ1v) is 12.5. The lowest BCUT2D eigenvalue weighted by Crippen LogP contribution is -2.62. The fraction of sp³-hybridized carbons (Fsp3) is 0.654. The molecule has 2 saturated heterocycles. The van der Waals surface area contributed by atoms with Crippen molar-refractivity contribution in [3.8, 4) is 0 Å². The minimum absolute atomic E-state index is 0.0252. The van der Waals surface area contributed by atoms with Crippen LogP contribution in [0.2, 0.25) is 0 Å². The molecule has 1 aromatic carbocycles. The maximum Gasteiger partial charge on any atom is 0.360 e. The second kappa shape index (κ2) is 8.62. The number of carbonyl (C=O) groups is 1. The predicted octanol–water partition coefficient (Wildman–Crippen LogP) is 5.16. The first kappa shape index (κ1) is 21.6. The molecule has 3 aliphatic rings. The van der Waals surface area contributed by atoms with Gasteiger partial charge in [0.2, 0.25) is 5.69 Å². The van der Waals surface area contributed by atoms with Gasteiger partial charge in [0.05, 0.1) is 11.0 Å². The first-order chi connectivity index (χ1) is 15.5. The highest BCUT2D eigenvalue weighted by Crippen LogP contribution is 2.46.